The van der Waals surface area contributed by atoms with Gasteiger partial charge in [-0.3, -0.25) is 9.48 Å². The van der Waals surface area contributed by atoms with E-state index in [4.69, 9.17) is 0 Å². The minimum atomic E-state index is -4.57. The van der Waals surface area contributed by atoms with Crippen molar-refractivity contribution in [2.45, 2.75) is 24.6 Å². The Balaban J connectivity index is 1.78. The van der Waals surface area contributed by atoms with Crippen LogP contribution in [0.5, 0.6) is 0 Å². The lowest BCUT2D eigenvalue weighted by molar-refractivity contribution is -0.141. The molecule has 5 nitrogen and oxygen atoms in total. The van der Waals surface area contributed by atoms with E-state index < -0.39 is 17.8 Å². The van der Waals surface area contributed by atoms with Crippen molar-refractivity contribution in [3.05, 3.63) is 53.3 Å². The summed E-state index contributed by atoms with van der Waals surface area (Å²) in [6.07, 6.45) is -3.87. The Hall–Kier alpha value is -2.35. The van der Waals surface area contributed by atoms with Gasteiger partial charge in [0.15, 0.2) is 5.69 Å². The molecule has 0 aliphatic carbocycles. The Labute approximate surface area is 143 Å². The van der Waals surface area contributed by atoms with Gasteiger partial charge in [-0.05, 0) is 18.5 Å². The molecular weight excluding hydrogens is 333 g/mol. The van der Waals surface area contributed by atoms with Crippen LogP contribution in [0.15, 0.2) is 36.4 Å². The fraction of sp³-hybridized carbons (Fsp3) is 0.412. The van der Waals surface area contributed by atoms with Crippen LogP contribution in [0.1, 0.15) is 34.1 Å². The molecule has 0 radical (unpaired) electrons. The Morgan fingerprint density at radius 3 is 2.68 bits per heavy atom. The number of carbonyl (C=O) groups is 1. The van der Waals surface area contributed by atoms with E-state index in [1.54, 1.807) is 0 Å². The Kier molecular flexibility index (Phi) is 4.80. The van der Waals surface area contributed by atoms with Gasteiger partial charge in [0, 0.05) is 31.6 Å². The minimum Gasteiger partial charge on any atom is -0.347 e. The maximum atomic E-state index is 12.8. The molecule has 1 saturated heterocycles. The maximum absolute atomic E-state index is 12.8. The smallest absolute Gasteiger partial charge is 0.347 e. The molecule has 2 N–H and O–H groups in total. The summed E-state index contributed by atoms with van der Waals surface area (Å²) in [6.45, 7) is 1.45. The number of rotatable bonds is 3. The first-order valence-electron chi connectivity index (χ1n) is 8.04. The second kappa shape index (κ2) is 6.87. The zero-order chi connectivity index (χ0) is 18.0. The van der Waals surface area contributed by atoms with Crippen LogP contribution in [-0.4, -0.2) is 34.8 Å². The van der Waals surface area contributed by atoms with E-state index in [0.717, 1.165) is 22.9 Å². The van der Waals surface area contributed by atoms with Crippen molar-refractivity contribution in [1.82, 2.24) is 20.4 Å². The average Bonchev–Trinajstić information content (AvgIpc) is 2.98. The fourth-order valence-corrected chi connectivity index (χ4v) is 3.14. The predicted octanol–water partition coefficient (Wildman–Crippen LogP) is 2.31. The number of carbonyl (C=O) groups excluding carboxylic acids is 1. The van der Waals surface area contributed by atoms with Crippen LogP contribution in [0.4, 0.5) is 13.2 Å². The van der Waals surface area contributed by atoms with Gasteiger partial charge in [-0.15, -0.1) is 0 Å². The first-order valence-corrected chi connectivity index (χ1v) is 8.04. The molecule has 1 amide bonds. The second-order valence-electron chi connectivity index (χ2n) is 6.13. The van der Waals surface area contributed by atoms with Crippen molar-refractivity contribution in [3.8, 4) is 0 Å². The molecule has 1 aromatic carbocycles. The van der Waals surface area contributed by atoms with Crippen LogP contribution in [0.25, 0.3) is 0 Å². The highest BCUT2D eigenvalue weighted by atomic mass is 19.4. The van der Waals surface area contributed by atoms with E-state index in [2.05, 4.69) is 15.7 Å². The first-order chi connectivity index (χ1) is 11.9. The third-order valence-corrected chi connectivity index (χ3v) is 4.43. The molecule has 134 valence electrons. The van der Waals surface area contributed by atoms with Gasteiger partial charge in [0.1, 0.15) is 5.69 Å². The molecule has 0 unspecified atom stereocenters. The topological polar surface area (TPSA) is 59.0 Å². The minimum absolute atomic E-state index is 0.0641. The lowest BCUT2D eigenvalue weighted by Crippen LogP contribution is -2.48. The summed E-state index contributed by atoms with van der Waals surface area (Å²) >= 11 is 0. The van der Waals surface area contributed by atoms with Gasteiger partial charge >= 0.3 is 6.18 Å². The van der Waals surface area contributed by atoms with Gasteiger partial charge in [-0.25, -0.2) is 0 Å². The number of benzene rings is 1. The molecule has 0 saturated carbocycles. The van der Waals surface area contributed by atoms with Crippen molar-refractivity contribution < 1.29 is 18.0 Å². The molecule has 1 fully saturated rings. The molecule has 8 heteroatoms. The first kappa shape index (κ1) is 17.5. The molecule has 25 heavy (non-hydrogen) atoms. The monoisotopic (exact) mass is 352 g/mol. The van der Waals surface area contributed by atoms with Crippen LogP contribution in [0, 0.1) is 0 Å². The van der Waals surface area contributed by atoms with E-state index in [-0.39, 0.29) is 17.7 Å². The highest BCUT2D eigenvalue weighted by Gasteiger charge is 2.36. The lowest BCUT2D eigenvalue weighted by Gasteiger charge is -2.33. The van der Waals surface area contributed by atoms with Crippen LogP contribution < -0.4 is 10.6 Å². The largest absolute Gasteiger partial charge is 0.435 e. The van der Waals surface area contributed by atoms with E-state index >= 15 is 0 Å². The van der Waals surface area contributed by atoms with Gasteiger partial charge in [0.05, 0.1) is 0 Å². The zero-order valence-corrected chi connectivity index (χ0v) is 13.7. The number of halogens is 3. The predicted molar refractivity (Wildman–Crippen MR) is 86.1 cm³/mol. The van der Waals surface area contributed by atoms with Gasteiger partial charge < -0.3 is 10.6 Å². The van der Waals surface area contributed by atoms with Crippen molar-refractivity contribution in [3.63, 3.8) is 0 Å². The number of aryl methyl sites for hydroxylation is 1. The summed E-state index contributed by atoms with van der Waals surface area (Å²) in [4.78, 5) is 12.5. The molecule has 2 heterocycles. The SMILES string of the molecule is Cn1nc(C(F)(F)F)cc1C(=O)N[C@@H]1CCNC[C@@H]1c1ccccc1. The molecular formula is C17H19F3N4O. The summed E-state index contributed by atoms with van der Waals surface area (Å²) in [5.74, 6) is -0.479. The van der Waals surface area contributed by atoms with Crippen LogP contribution in [-0.2, 0) is 13.2 Å². The highest BCUT2D eigenvalue weighted by Crippen LogP contribution is 2.29. The van der Waals surface area contributed by atoms with Crippen LogP contribution in [0.2, 0.25) is 0 Å². The fourth-order valence-electron chi connectivity index (χ4n) is 3.14. The summed E-state index contributed by atoms with van der Waals surface area (Å²) in [7, 11) is 1.33. The second-order valence-corrected chi connectivity index (χ2v) is 6.13. The Morgan fingerprint density at radius 1 is 1.32 bits per heavy atom. The summed E-state index contributed by atoms with van der Waals surface area (Å²) in [6, 6.07) is 10.4. The molecule has 0 bridgehead atoms. The summed E-state index contributed by atoms with van der Waals surface area (Å²) in [5.41, 5.74) is -0.0799. The third kappa shape index (κ3) is 3.84. The number of piperidine rings is 1. The van der Waals surface area contributed by atoms with E-state index in [1.165, 1.54) is 7.05 Å². The zero-order valence-electron chi connectivity index (χ0n) is 13.7. The number of alkyl halides is 3. The van der Waals surface area contributed by atoms with Gasteiger partial charge in [0.2, 0.25) is 0 Å². The number of nitrogens with one attached hydrogen (secondary N) is 2. The van der Waals surface area contributed by atoms with Crippen LogP contribution in [0.3, 0.4) is 0 Å². The van der Waals surface area contributed by atoms with Crippen molar-refractivity contribution >= 4 is 5.91 Å². The molecule has 1 aliphatic rings. The van der Waals surface area contributed by atoms with Gasteiger partial charge in [-0.1, -0.05) is 30.3 Å². The van der Waals surface area contributed by atoms with Gasteiger partial charge in [-0.2, -0.15) is 18.3 Å². The standard InChI is InChI=1S/C17H19F3N4O/c1-24-14(9-15(23-24)17(18,19)20)16(25)22-13-7-8-21-10-12(13)11-5-3-2-4-6-11/h2-6,9,12-13,21H,7-8,10H2,1H3,(H,22,25)/t12-,13-/m1/s1. The number of hydrogen-bond donors (Lipinski definition) is 2. The summed E-state index contributed by atoms with van der Waals surface area (Å²) in [5, 5.41) is 9.57. The third-order valence-electron chi connectivity index (χ3n) is 4.43. The molecule has 2 aromatic rings. The molecule has 0 spiro atoms. The highest BCUT2D eigenvalue weighted by molar-refractivity contribution is 5.93. The maximum Gasteiger partial charge on any atom is 0.435 e. The number of aromatic nitrogens is 2. The quantitative estimate of drug-likeness (QED) is 0.891. The van der Waals surface area contributed by atoms with Crippen molar-refractivity contribution in [1.29, 1.82) is 0 Å². The van der Waals surface area contributed by atoms with Crippen molar-refractivity contribution in [2.24, 2.45) is 7.05 Å². The van der Waals surface area contributed by atoms with Gasteiger partial charge in [0.25, 0.3) is 5.91 Å². The normalized spacial score (nSPS) is 21.1. The average molecular weight is 352 g/mol. The van der Waals surface area contributed by atoms with E-state index in [9.17, 15) is 18.0 Å². The lowest BCUT2D eigenvalue weighted by atomic mass is 9.87. The van der Waals surface area contributed by atoms with Crippen LogP contribution >= 0.6 is 0 Å². The van der Waals surface area contributed by atoms with E-state index in [0.29, 0.717) is 13.0 Å². The molecule has 2 atom stereocenters. The molecule has 1 aliphatic heterocycles. The number of amides is 1. The number of hydrogen-bond acceptors (Lipinski definition) is 3. The number of nitrogens with zero attached hydrogens (tertiary/aromatic N) is 2. The van der Waals surface area contributed by atoms with E-state index in [1.807, 2.05) is 30.3 Å². The summed E-state index contributed by atoms with van der Waals surface area (Å²) < 4.78 is 39.3. The molecule has 3 rings (SSSR count). The van der Waals surface area contributed by atoms with Crippen molar-refractivity contribution in [2.75, 3.05) is 13.1 Å². The Morgan fingerprint density at radius 2 is 2.04 bits per heavy atom. The molecule has 1 aromatic heterocycles. The Bertz CT molecular complexity index is 742.